The largest absolute Gasteiger partial charge is 0.271 e. The van der Waals surface area contributed by atoms with Crippen molar-refractivity contribution in [2.45, 2.75) is 19.9 Å². The first-order chi connectivity index (χ1) is 9.02. The first kappa shape index (κ1) is 14.2. The Hall–Kier alpha value is -1.23. The second-order valence-electron chi connectivity index (χ2n) is 4.63. The molecule has 2 aromatic rings. The van der Waals surface area contributed by atoms with E-state index in [0.29, 0.717) is 5.56 Å². The fourth-order valence-electron chi connectivity index (χ4n) is 2.32. The van der Waals surface area contributed by atoms with Gasteiger partial charge in [0.25, 0.3) is 0 Å². The van der Waals surface area contributed by atoms with Crippen molar-refractivity contribution in [3.63, 3.8) is 0 Å². The Bertz CT molecular complexity index is 575. The van der Waals surface area contributed by atoms with Crippen molar-refractivity contribution in [3.05, 3.63) is 68.9 Å². The molecule has 0 fully saturated rings. The molecule has 3 N–H and O–H groups in total. The van der Waals surface area contributed by atoms with Crippen LogP contribution in [0, 0.1) is 19.7 Å². The topological polar surface area (TPSA) is 38.0 Å². The number of hydrazine groups is 1. The van der Waals surface area contributed by atoms with E-state index in [1.165, 1.54) is 6.07 Å². The average Bonchev–Trinajstić information content (AvgIpc) is 2.33. The molecule has 0 spiro atoms. The molecule has 0 saturated carbocycles. The van der Waals surface area contributed by atoms with Crippen LogP contribution < -0.4 is 11.3 Å². The molecular weight excluding hydrogens is 307 g/mol. The Morgan fingerprint density at radius 3 is 2.53 bits per heavy atom. The van der Waals surface area contributed by atoms with Gasteiger partial charge >= 0.3 is 0 Å². The highest BCUT2D eigenvalue weighted by Crippen LogP contribution is 2.29. The molecule has 1 unspecified atom stereocenters. The minimum absolute atomic E-state index is 0.236. The van der Waals surface area contributed by atoms with Crippen LogP contribution in [0.3, 0.4) is 0 Å². The third-order valence-corrected chi connectivity index (χ3v) is 3.61. The Morgan fingerprint density at radius 2 is 1.95 bits per heavy atom. The van der Waals surface area contributed by atoms with Gasteiger partial charge in [0.05, 0.1) is 6.04 Å². The van der Waals surface area contributed by atoms with Crippen LogP contribution in [0.15, 0.2) is 40.9 Å². The molecule has 0 amide bonds. The van der Waals surface area contributed by atoms with Crippen LogP contribution in [0.1, 0.15) is 28.3 Å². The Balaban J connectivity index is 2.54. The molecule has 19 heavy (non-hydrogen) atoms. The molecule has 1 atom stereocenters. The van der Waals surface area contributed by atoms with Crippen LogP contribution in [-0.2, 0) is 0 Å². The van der Waals surface area contributed by atoms with E-state index in [9.17, 15) is 4.39 Å². The lowest BCUT2D eigenvalue weighted by molar-refractivity contribution is 0.556. The minimum atomic E-state index is -0.363. The molecule has 0 radical (unpaired) electrons. The lowest BCUT2D eigenvalue weighted by atomic mass is 9.94. The maximum Gasteiger partial charge on any atom is 0.128 e. The van der Waals surface area contributed by atoms with E-state index in [1.807, 2.05) is 44.2 Å². The molecule has 2 nitrogen and oxygen atoms in total. The van der Waals surface area contributed by atoms with Crippen LogP contribution in [0.4, 0.5) is 4.39 Å². The monoisotopic (exact) mass is 322 g/mol. The van der Waals surface area contributed by atoms with Gasteiger partial charge in [-0.15, -0.1) is 0 Å². The van der Waals surface area contributed by atoms with Gasteiger partial charge in [-0.1, -0.05) is 34.1 Å². The summed E-state index contributed by atoms with van der Waals surface area (Å²) >= 11 is 3.42. The SMILES string of the molecule is Cc1cc(C)c(C(NN)c2cccc(Br)c2)c(F)c1. The third kappa shape index (κ3) is 3.03. The van der Waals surface area contributed by atoms with Gasteiger partial charge in [-0.2, -0.15) is 0 Å². The summed E-state index contributed by atoms with van der Waals surface area (Å²) in [6.45, 7) is 3.78. The van der Waals surface area contributed by atoms with Crippen molar-refractivity contribution >= 4 is 15.9 Å². The summed E-state index contributed by atoms with van der Waals surface area (Å²) in [4.78, 5) is 0. The van der Waals surface area contributed by atoms with Crippen molar-refractivity contribution in [2.75, 3.05) is 0 Å². The highest BCUT2D eigenvalue weighted by Gasteiger charge is 2.19. The van der Waals surface area contributed by atoms with Gasteiger partial charge in [-0.3, -0.25) is 5.84 Å². The highest BCUT2D eigenvalue weighted by atomic mass is 79.9. The fraction of sp³-hybridized carbons (Fsp3) is 0.200. The molecular formula is C15H16BrFN2. The second-order valence-corrected chi connectivity index (χ2v) is 5.55. The molecule has 0 heterocycles. The zero-order valence-electron chi connectivity index (χ0n) is 10.9. The van der Waals surface area contributed by atoms with Crippen molar-refractivity contribution in [1.82, 2.24) is 5.43 Å². The summed E-state index contributed by atoms with van der Waals surface area (Å²) in [5.41, 5.74) is 6.01. The van der Waals surface area contributed by atoms with Gasteiger partial charge in [0.2, 0.25) is 0 Å². The van der Waals surface area contributed by atoms with Crippen LogP contribution in [-0.4, -0.2) is 0 Å². The van der Waals surface area contributed by atoms with Gasteiger partial charge in [0.1, 0.15) is 5.82 Å². The quantitative estimate of drug-likeness (QED) is 0.667. The number of benzene rings is 2. The number of halogens is 2. The maximum absolute atomic E-state index is 14.2. The number of rotatable bonds is 3. The van der Waals surface area contributed by atoms with Crippen LogP contribution >= 0.6 is 15.9 Å². The standard InChI is InChI=1S/C15H16BrFN2/c1-9-6-10(2)14(13(17)7-9)15(19-18)11-4-3-5-12(16)8-11/h3-8,15,19H,18H2,1-2H3. The Kier molecular flexibility index (Phi) is 4.34. The van der Waals surface area contributed by atoms with Crippen LogP contribution in [0.5, 0.6) is 0 Å². The van der Waals surface area contributed by atoms with Crippen LogP contribution in [0.25, 0.3) is 0 Å². The maximum atomic E-state index is 14.2. The molecule has 2 rings (SSSR count). The zero-order valence-corrected chi connectivity index (χ0v) is 12.5. The van der Waals surface area contributed by atoms with E-state index in [4.69, 9.17) is 5.84 Å². The lowest BCUT2D eigenvalue weighted by Crippen LogP contribution is -2.30. The summed E-state index contributed by atoms with van der Waals surface area (Å²) < 4.78 is 15.2. The lowest BCUT2D eigenvalue weighted by Gasteiger charge is -2.20. The number of nitrogens with one attached hydrogen (secondary N) is 1. The predicted octanol–water partition coefficient (Wildman–Crippen LogP) is 3.76. The molecule has 4 heteroatoms. The van der Waals surface area contributed by atoms with Gasteiger partial charge in [0.15, 0.2) is 0 Å². The first-order valence-electron chi connectivity index (χ1n) is 6.01. The van der Waals surface area contributed by atoms with E-state index in [0.717, 1.165) is 21.2 Å². The molecule has 0 bridgehead atoms. The van der Waals surface area contributed by atoms with Crippen molar-refractivity contribution in [2.24, 2.45) is 5.84 Å². The van der Waals surface area contributed by atoms with E-state index in [-0.39, 0.29) is 11.9 Å². The van der Waals surface area contributed by atoms with Gasteiger partial charge in [-0.05, 0) is 48.7 Å². The summed E-state index contributed by atoms with van der Waals surface area (Å²) in [7, 11) is 0. The van der Waals surface area contributed by atoms with Crippen molar-refractivity contribution in [1.29, 1.82) is 0 Å². The average molecular weight is 323 g/mol. The Morgan fingerprint density at radius 1 is 1.21 bits per heavy atom. The molecule has 0 aliphatic rings. The fourth-order valence-corrected chi connectivity index (χ4v) is 2.74. The number of aryl methyl sites for hydroxylation is 2. The van der Waals surface area contributed by atoms with Crippen molar-refractivity contribution < 1.29 is 4.39 Å². The molecule has 100 valence electrons. The Labute approximate surface area is 120 Å². The third-order valence-electron chi connectivity index (χ3n) is 3.12. The second kappa shape index (κ2) is 5.82. The number of nitrogens with two attached hydrogens (primary N) is 1. The van der Waals surface area contributed by atoms with E-state index >= 15 is 0 Å². The summed E-state index contributed by atoms with van der Waals surface area (Å²) in [6, 6.07) is 10.8. The van der Waals surface area contributed by atoms with Gasteiger partial charge < -0.3 is 0 Å². The van der Waals surface area contributed by atoms with Crippen molar-refractivity contribution in [3.8, 4) is 0 Å². The molecule has 0 saturated heterocycles. The van der Waals surface area contributed by atoms with E-state index < -0.39 is 0 Å². The molecule has 0 aliphatic carbocycles. The van der Waals surface area contributed by atoms with E-state index in [2.05, 4.69) is 21.4 Å². The first-order valence-corrected chi connectivity index (χ1v) is 6.80. The summed E-state index contributed by atoms with van der Waals surface area (Å²) in [5.74, 6) is 5.40. The van der Waals surface area contributed by atoms with Gasteiger partial charge in [-0.25, -0.2) is 9.82 Å². The smallest absolute Gasteiger partial charge is 0.128 e. The van der Waals surface area contributed by atoms with E-state index in [1.54, 1.807) is 0 Å². The predicted molar refractivity (Wildman–Crippen MR) is 79.2 cm³/mol. The molecule has 2 aromatic carbocycles. The number of hydrogen-bond acceptors (Lipinski definition) is 2. The number of hydrogen-bond donors (Lipinski definition) is 2. The zero-order chi connectivity index (χ0) is 14.0. The van der Waals surface area contributed by atoms with Crippen LogP contribution in [0.2, 0.25) is 0 Å². The highest BCUT2D eigenvalue weighted by molar-refractivity contribution is 9.10. The molecule has 0 aromatic heterocycles. The molecule has 0 aliphatic heterocycles. The summed E-state index contributed by atoms with van der Waals surface area (Å²) in [5, 5.41) is 0. The van der Waals surface area contributed by atoms with Gasteiger partial charge in [0, 0.05) is 10.0 Å². The summed E-state index contributed by atoms with van der Waals surface area (Å²) in [6.07, 6.45) is 0. The normalized spacial score (nSPS) is 12.5. The minimum Gasteiger partial charge on any atom is -0.271 e.